The molecule has 0 aromatic carbocycles. The van der Waals surface area contributed by atoms with Crippen LogP contribution in [0.4, 0.5) is 0 Å². The van der Waals surface area contributed by atoms with Gasteiger partial charge in [0.1, 0.15) is 11.8 Å². The molecule has 15 heavy (non-hydrogen) atoms. The van der Waals surface area contributed by atoms with Gasteiger partial charge in [-0.15, -0.1) is 0 Å². The maximum Gasteiger partial charge on any atom is 0.320 e. The fraction of sp³-hybridized carbons (Fsp3) is 0.818. The monoisotopic (exact) mass is 211 g/mol. The minimum atomic E-state index is -0.741. The van der Waals surface area contributed by atoms with Crippen LogP contribution >= 0.6 is 0 Å². The van der Waals surface area contributed by atoms with Crippen molar-refractivity contribution >= 4 is 11.8 Å². The molecule has 2 rings (SSSR count). The van der Waals surface area contributed by atoms with Crippen LogP contribution in [0.1, 0.15) is 32.1 Å². The second-order valence-electron chi connectivity index (χ2n) is 4.60. The fourth-order valence-corrected chi connectivity index (χ4v) is 2.89. The number of carbonyl (C=O) groups excluding carboxylic acids is 1. The number of carbonyl (C=O) groups is 2. The molecule has 1 aliphatic carbocycles. The Kier molecular flexibility index (Phi) is 3.05. The molecule has 1 aliphatic heterocycles. The molecule has 0 aromatic heterocycles. The highest BCUT2D eigenvalue weighted by Gasteiger charge is 2.38. The van der Waals surface area contributed by atoms with Crippen molar-refractivity contribution in [2.75, 3.05) is 6.54 Å². The first-order valence-corrected chi connectivity index (χ1v) is 5.66. The van der Waals surface area contributed by atoms with Crippen molar-refractivity contribution in [1.82, 2.24) is 5.32 Å². The van der Waals surface area contributed by atoms with Gasteiger partial charge in [0, 0.05) is 12.8 Å². The summed E-state index contributed by atoms with van der Waals surface area (Å²) in [6.45, 7) is 0.798. The maximum absolute atomic E-state index is 11.1. The largest absolute Gasteiger partial charge is 0.480 e. The highest BCUT2D eigenvalue weighted by molar-refractivity contribution is 5.79. The Bertz CT molecular complexity index is 267. The van der Waals surface area contributed by atoms with E-state index in [1.165, 1.54) is 0 Å². The summed E-state index contributed by atoms with van der Waals surface area (Å²) < 4.78 is 0. The van der Waals surface area contributed by atoms with E-state index in [1.54, 1.807) is 0 Å². The van der Waals surface area contributed by atoms with Gasteiger partial charge in [0.2, 0.25) is 0 Å². The third kappa shape index (κ3) is 2.20. The average Bonchev–Trinajstić information content (AvgIpc) is 2.67. The standard InChI is InChI=1S/C11H17NO3/c13-8-3-1-7(2-4-8)9-5-6-12-10(9)11(14)15/h7,9-10,12H,1-6H2,(H,14,15)/t9-,10-/m1/s1. The minimum absolute atomic E-state index is 0.232. The smallest absolute Gasteiger partial charge is 0.320 e. The van der Waals surface area contributed by atoms with Gasteiger partial charge in [-0.2, -0.15) is 0 Å². The summed E-state index contributed by atoms with van der Waals surface area (Å²) in [5.74, 6) is 0.257. The Morgan fingerprint density at radius 3 is 2.53 bits per heavy atom. The highest BCUT2D eigenvalue weighted by atomic mass is 16.4. The van der Waals surface area contributed by atoms with E-state index in [2.05, 4.69) is 5.32 Å². The van der Waals surface area contributed by atoms with Gasteiger partial charge in [-0.1, -0.05) is 0 Å². The quantitative estimate of drug-likeness (QED) is 0.709. The lowest BCUT2D eigenvalue weighted by molar-refractivity contribution is -0.140. The number of hydrogen-bond donors (Lipinski definition) is 2. The molecule has 2 N–H and O–H groups in total. The van der Waals surface area contributed by atoms with E-state index in [0.29, 0.717) is 24.5 Å². The van der Waals surface area contributed by atoms with Crippen LogP contribution in [0.15, 0.2) is 0 Å². The molecule has 0 aromatic rings. The van der Waals surface area contributed by atoms with Gasteiger partial charge >= 0.3 is 5.97 Å². The van der Waals surface area contributed by atoms with Crippen LogP contribution in [-0.2, 0) is 9.59 Å². The van der Waals surface area contributed by atoms with Crippen LogP contribution in [0.2, 0.25) is 0 Å². The van der Waals surface area contributed by atoms with E-state index in [1.807, 2.05) is 0 Å². The molecule has 1 heterocycles. The van der Waals surface area contributed by atoms with Crippen molar-refractivity contribution in [3.05, 3.63) is 0 Å². The molecule has 0 unspecified atom stereocenters. The van der Waals surface area contributed by atoms with Crippen LogP contribution in [0, 0.1) is 11.8 Å². The second-order valence-corrected chi connectivity index (χ2v) is 4.60. The van der Waals surface area contributed by atoms with Gasteiger partial charge in [0.15, 0.2) is 0 Å². The summed E-state index contributed by atoms with van der Waals surface area (Å²) in [4.78, 5) is 22.1. The topological polar surface area (TPSA) is 66.4 Å². The van der Waals surface area contributed by atoms with Gasteiger partial charge < -0.3 is 10.4 Å². The molecule has 2 atom stereocenters. The molecule has 1 saturated carbocycles. The van der Waals surface area contributed by atoms with Crippen molar-refractivity contribution in [3.8, 4) is 0 Å². The molecule has 0 bridgehead atoms. The molecule has 2 fully saturated rings. The van der Waals surface area contributed by atoms with E-state index >= 15 is 0 Å². The van der Waals surface area contributed by atoms with Crippen LogP contribution in [0.3, 0.4) is 0 Å². The summed E-state index contributed by atoms with van der Waals surface area (Å²) in [6, 6.07) is -0.386. The van der Waals surface area contributed by atoms with E-state index in [4.69, 9.17) is 5.11 Å². The number of rotatable bonds is 2. The van der Waals surface area contributed by atoms with Crippen molar-refractivity contribution in [3.63, 3.8) is 0 Å². The summed E-state index contributed by atoms with van der Waals surface area (Å²) in [6.07, 6.45) is 4.00. The second kappa shape index (κ2) is 4.31. The SMILES string of the molecule is O=C1CCC([C@H]2CCN[C@H]2C(=O)O)CC1. The Hall–Kier alpha value is -0.900. The Balaban J connectivity index is 1.97. The third-order valence-corrected chi connectivity index (χ3v) is 3.73. The summed E-state index contributed by atoms with van der Waals surface area (Å²) >= 11 is 0. The van der Waals surface area contributed by atoms with Crippen LogP contribution in [-0.4, -0.2) is 29.4 Å². The minimum Gasteiger partial charge on any atom is -0.480 e. The lowest BCUT2D eigenvalue weighted by atomic mass is 9.76. The van der Waals surface area contributed by atoms with Crippen LogP contribution in [0.25, 0.3) is 0 Å². The predicted molar refractivity (Wildman–Crippen MR) is 54.5 cm³/mol. The highest BCUT2D eigenvalue weighted by Crippen LogP contribution is 2.34. The Morgan fingerprint density at radius 1 is 1.27 bits per heavy atom. The number of ketones is 1. The number of Topliss-reactive ketones (excluding diaryl/α,β-unsaturated/α-hetero) is 1. The Morgan fingerprint density at radius 2 is 1.93 bits per heavy atom. The first-order chi connectivity index (χ1) is 7.18. The molecule has 0 radical (unpaired) electrons. The molecule has 0 amide bonds. The lowest BCUT2D eigenvalue weighted by Gasteiger charge is -2.28. The third-order valence-electron chi connectivity index (χ3n) is 3.73. The number of nitrogens with one attached hydrogen (secondary N) is 1. The zero-order valence-corrected chi connectivity index (χ0v) is 8.74. The van der Waals surface area contributed by atoms with Gasteiger partial charge in [0.05, 0.1) is 0 Å². The van der Waals surface area contributed by atoms with E-state index in [0.717, 1.165) is 25.8 Å². The number of carboxylic acid groups (broad SMARTS) is 1. The van der Waals surface area contributed by atoms with Crippen molar-refractivity contribution in [1.29, 1.82) is 0 Å². The molecular formula is C11H17NO3. The summed E-state index contributed by atoms with van der Waals surface area (Å²) in [7, 11) is 0. The number of hydrogen-bond acceptors (Lipinski definition) is 3. The van der Waals surface area contributed by atoms with Crippen LogP contribution in [0.5, 0.6) is 0 Å². The predicted octanol–water partition coefficient (Wildman–Crippen LogP) is 0.808. The zero-order chi connectivity index (χ0) is 10.8. The van der Waals surface area contributed by atoms with E-state index < -0.39 is 5.97 Å². The first kappa shape index (κ1) is 10.6. The Labute approximate surface area is 89.0 Å². The van der Waals surface area contributed by atoms with Crippen molar-refractivity contribution in [2.45, 2.75) is 38.1 Å². The van der Waals surface area contributed by atoms with Crippen molar-refractivity contribution < 1.29 is 14.7 Å². The van der Waals surface area contributed by atoms with Gasteiger partial charge in [-0.05, 0) is 37.6 Å². The molecule has 4 heteroatoms. The number of aliphatic carboxylic acids is 1. The van der Waals surface area contributed by atoms with E-state index in [-0.39, 0.29) is 12.0 Å². The molecular weight excluding hydrogens is 194 g/mol. The normalized spacial score (nSPS) is 33.2. The van der Waals surface area contributed by atoms with Crippen molar-refractivity contribution in [2.24, 2.45) is 11.8 Å². The van der Waals surface area contributed by atoms with Gasteiger partial charge in [-0.25, -0.2) is 0 Å². The average molecular weight is 211 g/mol. The van der Waals surface area contributed by atoms with Gasteiger partial charge in [0.25, 0.3) is 0 Å². The first-order valence-electron chi connectivity index (χ1n) is 5.66. The van der Waals surface area contributed by atoms with Crippen LogP contribution < -0.4 is 5.32 Å². The van der Waals surface area contributed by atoms with E-state index in [9.17, 15) is 9.59 Å². The summed E-state index contributed by atoms with van der Waals surface area (Å²) in [5.41, 5.74) is 0. The fourth-order valence-electron chi connectivity index (χ4n) is 2.89. The lowest BCUT2D eigenvalue weighted by Crippen LogP contribution is -2.39. The number of carboxylic acids is 1. The zero-order valence-electron chi connectivity index (χ0n) is 8.74. The molecule has 0 spiro atoms. The summed E-state index contributed by atoms with van der Waals surface area (Å²) in [5, 5.41) is 12.1. The van der Waals surface area contributed by atoms with Gasteiger partial charge in [-0.3, -0.25) is 9.59 Å². The molecule has 2 aliphatic rings. The maximum atomic E-state index is 11.1. The molecule has 4 nitrogen and oxygen atoms in total. The molecule has 1 saturated heterocycles. The molecule has 84 valence electrons.